The van der Waals surface area contributed by atoms with Crippen molar-refractivity contribution in [2.75, 3.05) is 12.4 Å². The highest BCUT2D eigenvalue weighted by atomic mass is 79.9. The van der Waals surface area contributed by atoms with Crippen molar-refractivity contribution >= 4 is 33.3 Å². The number of nitrogens with one attached hydrogen (secondary N) is 1. The molecular weight excluding hydrogens is 428 g/mol. The van der Waals surface area contributed by atoms with E-state index in [1.165, 1.54) is 25.3 Å². The number of carbonyl (C=O) groups is 1. The molecule has 0 fully saturated rings. The van der Waals surface area contributed by atoms with Gasteiger partial charge in [-0.1, -0.05) is 28.1 Å². The number of hydrogen-bond acceptors (Lipinski definition) is 5. The molecule has 1 heterocycles. The Balaban J connectivity index is 1.98. The van der Waals surface area contributed by atoms with Crippen LogP contribution < -0.4 is 10.1 Å². The van der Waals surface area contributed by atoms with Gasteiger partial charge in [0, 0.05) is 28.7 Å². The Morgan fingerprint density at radius 1 is 1.25 bits per heavy atom. The number of anilines is 1. The van der Waals surface area contributed by atoms with Crippen molar-refractivity contribution < 1.29 is 14.5 Å². The molecule has 1 aromatic heterocycles. The van der Waals surface area contributed by atoms with E-state index in [9.17, 15) is 14.9 Å². The number of methoxy groups -OCH3 is 1. The minimum atomic E-state index is -0.586. The van der Waals surface area contributed by atoms with Gasteiger partial charge in [-0.2, -0.15) is 5.10 Å². The number of halogens is 1. The van der Waals surface area contributed by atoms with Crippen LogP contribution in [0.15, 0.2) is 46.9 Å². The van der Waals surface area contributed by atoms with Crippen molar-refractivity contribution in [3.63, 3.8) is 0 Å². The lowest BCUT2D eigenvalue weighted by molar-refractivity contribution is -0.385. The maximum Gasteiger partial charge on any atom is 0.311 e. The van der Waals surface area contributed by atoms with Gasteiger partial charge in [0.1, 0.15) is 5.82 Å². The van der Waals surface area contributed by atoms with E-state index in [4.69, 9.17) is 4.74 Å². The average Bonchev–Trinajstić information content (AvgIpc) is 2.95. The van der Waals surface area contributed by atoms with Crippen LogP contribution in [0.25, 0.3) is 11.1 Å². The predicted molar refractivity (Wildman–Crippen MR) is 109 cm³/mol. The van der Waals surface area contributed by atoms with E-state index in [2.05, 4.69) is 26.3 Å². The van der Waals surface area contributed by atoms with Crippen LogP contribution in [0.5, 0.6) is 5.75 Å². The van der Waals surface area contributed by atoms with E-state index in [1.807, 2.05) is 31.2 Å². The van der Waals surface area contributed by atoms with Crippen molar-refractivity contribution in [3.8, 4) is 16.9 Å². The van der Waals surface area contributed by atoms with E-state index in [-0.39, 0.29) is 17.0 Å². The molecule has 1 N–H and O–H groups in total. The van der Waals surface area contributed by atoms with Gasteiger partial charge >= 0.3 is 5.69 Å². The number of carbonyl (C=O) groups excluding carboxylic acids is 1. The van der Waals surface area contributed by atoms with Crippen molar-refractivity contribution in [1.82, 2.24) is 9.78 Å². The molecule has 8 nitrogen and oxygen atoms in total. The van der Waals surface area contributed by atoms with Gasteiger partial charge in [0.15, 0.2) is 5.75 Å². The summed E-state index contributed by atoms with van der Waals surface area (Å²) in [6, 6.07) is 11.7. The number of nitro groups is 1. The number of nitrogens with zero attached hydrogens (tertiary/aromatic N) is 3. The third-order valence-electron chi connectivity index (χ3n) is 4.22. The van der Waals surface area contributed by atoms with E-state index >= 15 is 0 Å². The maximum absolute atomic E-state index is 12.8. The molecule has 0 aliphatic rings. The second-order valence-corrected chi connectivity index (χ2v) is 6.95. The van der Waals surface area contributed by atoms with Crippen LogP contribution in [0.2, 0.25) is 0 Å². The number of ether oxygens (including phenoxy) is 1. The highest BCUT2D eigenvalue weighted by Crippen LogP contribution is 2.33. The number of nitro benzene ring substituents is 1. The first-order chi connectivity index (χ1) is 13.3. The lowest BCUT2D eigenvalue weighted by Crippen LogP contribution is -2.15. The second-order valence-electron chi connectivity index (χ2n) is 6.04. The summed E-state index contributed by atoms with van der Waals surface area (Å²) in [6.07, 6.45) is 0. The number of aromatic nitrogens is 2. The molecule has 0 aliphatic carbocycles. The zero-order valence-corrected chi connectivity index (χ0v) is 17.0. The molecule has 0 bridgehead atoms. The quantitative estimate of drug-likeness (QED) is 0.466. The summed E-state index contributed by atoms with van der Waals surface area (Å²) >= 11 is 3.41. The minimum absolute atomic E-state index is 0.0912. The van der Waals surface area contributed by atoms with Crippen molar-refractivity contribution in [2.45, 2.75) is 6.92 Å². The Morgan fingerprint density at radius 2 is 1.93 bits per heavy atom. The molecule has 3 rings (SSSR count). The van der Waals surface area contributed by atoms with Gasteiger partial charge in [0.05, 0.1) is 17.7 Å². The Morgan fingerprint density at radius 3 is 2.54 bits per heavy atom. The summed E-state index contributed by atoms with van der Waals surface area (Å²) in [4.78, 5) is 23.4. The van der Waals surface area contributed by atoms with Gasteiger partial charge in [-0.05, 0) is 36.8 Å². The number of rotatable bonds is 5. The monoisotopic (exact) mass is 444 g/mol. The van der Waals surface area contributed by atoms with Gasteiger partial charge in [-0.15, -0.1) is 0 Å². The number of aryl methyl sites for hydroxylation is 2. The summed E-state index contributed by atoms with van der Waals surface area (Å²) in [5.41, 5.74) is 2.30. The number of benzene rings is 2. The van der Waals surface area contributed by atoms with Crippen LogP contribution in [-0.2, 0) is 7.05 Å². The SMILES string of the molecule is COc1ccc(C(=O)Nc2c(-c3ccc(Br)cc3)c(C)nn2C)cc1[N+](=O)[O-]. The van der Waals surface area contributed by atoms with E-state index in [0.717, 1.165) is 21.3 Å². The lowest BCUT2D eigenvalue weighted by Gasteiger charge is -2.10. The molecule has 0 aliphatic heterocycles. The summed E-state index contributed by atoms with van der Waals surface area (Å²) in [5.74, 6) is 0.115. The van der Waals surface area contributed by atoms with Crippen LogP contribution in [0.3, 0.4) is 0 Å². The standard InChI is InChI=1S/C19H17BrN4O4/c1-11-17(12-4-7-14(20)8-5-12)18(23(2)22-11)21-19(25)13-6-9-16(28-3)15(10-13)24(26)27/h4-10H,1-3H3,(H,21,25). The smallest absolute Gasteiger partial charge is 0.311 e. The Hall–Kier alpha value is -3.20. The summed E-state index contributed by atoms with van der Waals surface area (Å²) in [5, 5.41) is 18.4. The normalized spacial score (nSPS) is 10.6. The molecule has 3 aromatic rings. The van der Waals surface area contributed by atoms with Crippen LogP contribution in [0.1, 0.15) is 16.1 Å². The Kier molecular flexibility index (Phi) is 5.46. The molecule has 1 amide bonds. The van der Waals surface area contributed by atoms with Crippen LogP contribution >= 0.6 is 15.9 Å². The van der Waals surface area contributed by atoms with Gasteiger partial charge in [0.2, 0.25) is 0 Å². The Bertz CT molecular complexity index is 1060. The summed E-state index contributed by atoms with van der Waals surface area (Å²) < 4.78 is 7.49. The molecular formula is C19H17BrN4O4. The number of hydrogen-bond donors (Lipinski definition) is 1. The first kappa shape index (κ1) is 19.6. The molecule has 0 atom stereocenters. The van der Waals surface area contributed by atoms with E-state index < -0.39 is 10.8 Å². The third kappa shape index (κ3) is 3.74. The molecule has 0 radical (unpaired) electrons. The molecule has 144 valence electrons. The van der Waals surface area contributed by atoms with Gasteiger partial charge in [-0.3, -0.25) is 19.6 Å². The molecule has 0 saturated heterocycles. The van der Waals surface area contributed by atoms with E-state index in [0.29, 0.717) is 5.82 Å². The molecule has 0 unspecified atom stereocenters. The fraction of sp³-hybridized carbons (Fsp3) is 0.158. The first-order valence-corrected chi connectivity index (χ1v) is 9.04. The molecule has 2 aromatic carbocycles. The summed E-state index contributed by atoms with van der Waals surface area (Å²) in [7, 11) is 3.06. The number of amides is 1. The zero-order chi connectivity index (χ0) is 20.4. The maximum atomic E-state index is 12.8. The van der Waals surface area contributed by atoms with Crippen LogP contribution in [-0.4, -0.2) is 27.7 Å². The zero-order valence-electron chi connectivity index (χ0n) is 15.4. The minimum Gasteiger partial charge on any atom is -0.490 e. The predicted octanol–water partition coefficient (Wildman–Crippen LogP) is 4.33. The molecule has 0 spiro atoms. The fourth-order valence-electron chi connectivity index (χ4n) is 2.92. The van der Waals surface area contributed by atoms with Gasteiger partial charge < -0.3 is 10.1 Å². The summed E-state index contributed by atoms with van der Waals surface area (Å²) in [6.45, 7) is 1.85. The highest BCUT2D eigenvalue weighted by Gasteiger charge is 2.21. The third-order valence-corrected chi connectivity index (χ3v) is 4.75. The second kappa shape index (κ2) is 7.81. The fourth-order valence-corrected chi connectivity index (χ4v) is 3.18. The average molecular weight is 445 g/mol. The van der Waals surface area contributed by atoms with Gasteiger partial charge in [0.25, 0.3) is 5.91 Å². The largest absolute Gasteiger partial charge is 0.490 e. The van der Waals surface area contributed by atoms with Crippen LogP contribution in [0, 0.1) is 17.0 Å². The molecule has 9 heteroatoms. The Labute approximate surface area is 169 Å². The molecule has 28 heavy (non-hydrogen) atoms. The molecule has 0 saturated carbocycles. The topological polar surface area (TPSA) is 99.3 Å². The highest BCUT2D eigenvalue weighted by molar-refractivity contribution is 9.10. The van der Waals surface area contributed by atoms with Crippen molar-refractivity contribution in [2.24, 2.45) is 7.05 Å². The van der Waals surface area contributed by atoms with E-state index in [1.54, 1.807) is 11.7 Å². The van der Waals surface area contributed by atoms with Crippen molar-refractivity contribution in [1.29, 1.82) is 0 Å². The first-order valence-electron chi connectivity index (χ1n) is 8.25. The van der Waals surface area contributed by atoms with Gasteiger partial charge in [-0.25, -0.2) is 0 Å². The lowest BCUT2D eigenvalue weighted by atomic mass is 10.1. The van der Waals surface area contributed by atoms with Crippen molar-refractivity contribution in [3.05, 3.63) is 68.3 Å². The van der Waals surface area contributed by atoms with Crippen LogP contribution in [0.4, 0.5) is 11.5 Å².